The van der Waals surface area contributed by atoms with Gasteiger partial charge in [-0.2, -0.15) is 0 Å². The fourth-order valence-electron chi connectivity index (χ4n) is 10.1. The molecule has 0 saturated heterocycles. The lowest BCUT2D eigenvalue weighted by Crippen LogP contribution is -2.47. The first-order valence-corrected chi connectivity index (χ1v) is 36.1. The Kier molecular flexibility index (Phi) is 59.1. The Labute approximate surface area is 502 Å². The summed E-state index contributed by atoms with van der Waals surface area (Å²) in [6, 6.07) is -0.892. The molecule has 0 aromatic heterocycles. The van der Waals surface area contributed by atoms with Gasteiger partial charge in [-0.1, -0.05) is 281 Å². The van der Waals surface area contributed by atoms with Gasteiger partial charge in [0.15, 0.2) is 0 Å². The first-order chi connectivity index (χ1) is 39.4. The minimum atomic E-state index is -4.70. The molecule has 1 amide bonds. The third-order valence-electron chi connectivity index (χ3n) is 15.4. The molecule has 10 heteroatoms. The highest BCUT2D eigenvalue weighted by molar-refractivity contribution is 7.45. The number of likely N-dealkylation sites (N-methyl/N-ethyl adjacent to an activating group) is 1. The Morgan fingerprint density at radius 3 is 1.14 bits per heavy atom. The number of rotatable bonds is 63. The predicted octanol–water partition coefficient (Wildman–Crippen LogP) is 21.2. The van der Waals surface area contributed by atoms with Gasteiger partial charge in [-0.25, -0.2) is 0 Å². The number of hydrogen-bond donors (Lipinski definition) is 1. The Bertz CT molecular complexity index is 1570. The van der Waals surface area contributed by atoms with E-state index in [9.17, 15) is 19.0 Å². The van der Waals surface area contributed by atoms with Crippen LogP contribution < -0.4 is 10.2 Å². The summed E-state index contributed by atoms with van der Waals surface area (Å²) in [5.41, 5.74) is 0. The van der Waals surface area contributed by atoms with Crippen molar-refractivity contribution in [2.75, 3.05) is 40.9 Å². The quantitative estimate of drug-likeness (QED) is 0.0212. The van der Waals surface area contributed by atoms with Gasteiger partial charge in [-0.3, -0.25) is 14.2 Å². The number of allylic oxidation sites excluding steroid dienone is 9. The van der Waals surface area contributed by atoms with Crippen LogP contribution in [-0.4, -0.2) is 69.4 Å². The van der Waals surface area contributed by atoms with E-state index in [1.54, 1.807) is 0 Å². The fraction of sp³-hybridized carbons (Fsp3) is 0.831. The lowest BCUT2D eigenvalue weighted by molar-refractivity contribution is -0.870. The second-order valence-corrected chi connectivity index (χ2v) is 26.1. The van der Waals surface area contributed by atoms with Crippen molar-refractivity contribution in [3.8, 4) is 0 Å². The third-order valence-corrected chi connectivity index (χ3v) is 16.4. The van der Waals surface area contributed by atoms with Crippen LogP contribution >= 0.6 is 7.82 Å². The molecule has 0 aromatic rings. The maximum Gasteiger partial charge on any atom is 0.306 e. The maximum atomic E-state index is 13.6. The van der Waals surface area contributed by atoms with Crippen LogP contribution in [0.15, 0.2) is 60.8 Å². The summed E-state index contributed by atoms with van der Waals surface area (Å²) < 4.78 is 30.4. The summed E-state index contributed by atoms with van der Waals surface area (Å²) in [5, 5.41) is 3.04. The number of carbonyl (C=O) groups excluding carboxylic acids is 2. The minimum absolute atomic E-state index is 0.0235. The van der Waals surface area contributed by atoms with Gasteiger partial charge >= 0.3 is 5.97 Å². The summed E-state index contributed by atoms with van der Waals surface area (Å²) in [7, 11) is 1.19. The standard InChI is InChI=1S/C71H133N2O7P/c1-7-10-13-16-19-22-25-28-30-32-33-34-35-36-37-38-39-41-42-45-48-51-54-57-60-63-70(74)72-68(67-79-81(76,77)78-66-65-73(4,5)6)69(62-59-56-53-50-47-44-27-24-21-18-15-12-9-3)80-71(75)64-61-58-55-52-49-46-43-40-31-29-26-23-20-17-14-11-8-2/h19-20,22-23,28-31,59,62,68-69H,7-18,21,24-27,32-58,60-61,63-67H2,1-6H3,(H-,72,74,76,77)/b22-19-,23-20-,30-28-,31-29-,62-59-. The number of nitrogens with one attached hydrogen (secondary N) is 1. The van der Waals surface area contributed by atoms with E-state index in [4.69, 9.17) is 13.8 Å². The number of unbranched alkanes of at least 4 members (excludes halogenated alkanes) is 39. The summed E-state index contributed by atoms with van der Waals surface area (Å²) in [5.74, 6) is -0.539. The smallest absolute Gasteiger partial charge is 0.306 e. The van der Waals surface area contributed by atoms with Crippen molar-refractivity contribution in [1.29, 1.82) is 0 Å². The van der Waals surface area contributed by atoms with Gasteiger partial charge in [0.05, 0.1) is 33.8 Å². The van der Waals surface area contributed by atoms with Crippen molar-refractivity contribution < 1.29 is 37.3 Å². The molecular formula is C71H133N2O7P. The second kappa shape index (κ2) is 60.8. The van der Waals surface area contributed by atoms with Crippen molar-refractivity contribution in [3.05, 3.63) is 60.8 Å². The molecule has 0 saturated carbocycles. The van der Waals surface area contributed by atoms with E-state index in [2.05, 4.69) is 74.7 Å². The number of nitrogens with zero attached hydrogens (tertiary/aromatic N) is 1. The third kappa shape index (κ3) is 62.1. The van der Waals surface area contributed by atoms with E-state index in [0.29, 0.717) is 17.4 Å². The van der Waals surface area contributed by atoms with E-state index in [1.807, 2.05) is 33.3 Å². The molecule has 3 unspecified atom stereocenters. The Morgan fingerprint density at radius 1 is 0.432 bits per heavy atom. The number of esters is 1. The van der Waals surface area contributed by atoms with Crippen LogP contribution in [-0.2, 0) is 27.9 Å². The molecule has 0 bridgehead atoms. The molecule has 0 rings (SSSR count). The first-order valence-electron chi connectivity index (χ1n) is 34.6. The molecule has 3 atom stereocenters. The van der Waals surface area contributed by atoms with E-state index < -0.39 is 20.0 Å². The molecule has 0 spiro atoms. The Morgan fingerprint density at radius 2 is 0.753 bits per heavy atom. The molecule has 474 valence electrons. The van der Waals surface area contributed by atoms with Crippen LogP contribution in [0.4, 0.5) is 0 Å². The topological polar surface area (TPSA) is 114 Å². The molecular weight excluding hydrogens is 1020 g/mol. The number of quaternary nitrogens is 1. The molecule has 0 heterocycles. The minimum Gasteiger partial charge on any atom is -0.756 e. The number of hydrogen-bond acceptors (Lipinski definition) is 7. The van der Waals surface area contributed by atoms with Gasteiger partial charge in [0.25, 0.3) is 7.82 Å². The van der Waals surface area contributed by atoms with Crippen LogP contribution in [0.2, 0.25) is 0 Å². The summed E-state index contributed by atoms with van der Waals surface area (Å²) >= 11 is 0. The van der Waals surface area contributed by atoms with Crippen LogP contribution in [0, 0.1) is 0 Å². The SMILES string of the molecule is CCCCC/C=C\C/C=C\CCCCCCCCCCCCCCCCCC(=O)NC(COP(=O)([O-])OCC[N+](C)(C)C)C(/C=C\CCCCCCCCCCCCC)OC(=O)CCCCCCCCC/C=C\C/C=C\CCCCC. The van der Waals surface area contributed by atoms with Gasteiger partial charge in [0.2, 0.25) is 5.91 Å². The fourth-order valence-corrected chi connectivity index (χ4v) is 10.8. The molecule has 0 radical (unpaired) electrons. The van der Waals surface area contributed by atoms with Gasteiger partial charge in [0.1, 0.15) is 19.3 Å². The van der Waals surface area contributed by atoms with Crippen molar-refractivity contribution >= 4 is 19.7 Å². The Balaban J connectivity index is 5.10. The van der Waals surface area contributed by atoms with Crippen molar-refractivity contribution in [1.82, 2.24) is 5.32 Å². The zero-order valence-electron chi connectivity index (χ0n) is 54.2. The molecule has 1 N–H and O–H groups in total. The molecule has 0 aromatic carbocycles. The zero-order valence-corrected chi connectivity index (χ0v) is 55.1. The number of phosphoric ester groups is 1. The predicted molar refractivity (Wildman–Crippen MR) is 349 cm³/mol. The van der Waals surface area contributed by atoms with Gasteiger partial charge in [0, 0.05) is 12.8 Å². The lowest BCUT2D eigenvalue weighted by Gasteiger charge is -2.30. The summed E-state index contributed by atoms with van der Waals surface area (Å²) in [4.78, 5) is 40.1. The highest BCUT2D eigenvalue weighted by Gasteiger charge is 2.27. The van der Waals surface area contributed by atoms with Crippen LogP contribution in [0.1, 0.15) is 329 Å². The van der Waals surface area contributed by atoms with E-state index in [1.165, 1.54) is 212 Å². The van der Waals surface area contributed by atoms with Crippen LogP contribution in [0.3, 0.4) is 0 Å². The number of amides is 1. The van der Waals surface area contributed by atoms with Crippen LogP contribution in [0.25, 0.3) is 0 Å². The number of phosphoric acid groups is 1. The van der Waals surface area contributed by atoms with Crippen LogP contribution in [0.5, 0.6) is 0 Å². The van der Waals surface area contributed by atoms with Crippen molar-refractivity contribution in [2.24, 2.45) is 0 Å². The molecule has 81 heavy (non-hydrogen) atoms. The monoisotopic (exact) mass is 1160 g/mol. The van der Waals surface area contributed by atoms with Gasteiger partial charge < -0.3 is 28.5 Å². The summed E-state index contributed by atoms with van der Waals surface area (Å²) in [6.45, 7) is 6.83. The normalized spacial score (nSPS) is 13.9. The number of carbonyl (C=O) groups is 2. The molecule has 0 aliphatic heterocycles. The van der Waals surface area contributed by atoms with Gasteiger partial charge in [-0.15, -0.1) is 0 Å². The maximum absolute atomic E-state index is 13.6. The largest absolute Gasteiger partial charge is 0.756 e. The second-order valence-electron chi connectivity index (χ2n) is 24.7. The molecule has 9 nitrogen and oxygen atoms in total. The highest BCUT2D eigenvalue weighted by atomic mass is 31.2. The molecule has 0 aliphatic rings. The Hall–Kier alpha value is -2.29. The van der Waals surface area contributed by atoms with E-state index >= 15 is 0 Å². The average molecular weight is 1160 g/mol. The lowest BCUT2D eigenvalue weighted by atomic mass is 10.0. The average Bonchev–Trinajstić information content (AvgIpc) is 3.44. The first kappa shape index (κ1) is 78.7. The van der Waals surface area contributed by atoms with Crippen molar-refractivity contribution in [2.45, 2.75) is 341 Å². The highest BCUT2D eigenvalue weighted by Crippen LogP contribution is 2.38. The number of ether oxygens (including phenoxy) is 1. The molecule has 0 aliphatic carbocycles. The van der Waals surface area contributed by atoms with E-state index in [-0.39, 0.29) is 31.5 Å². The van der Waals surface area contributed by atoms with Gasteiger partial charge in [-0.05, 0) is 96.0 Å². The zero-order chi connectivity index (χ0) is 59.3. The molecule has 0 fully saturated rings. The summed E-state index contributed by atoms with van der Waals surface area (Å²) in [6.07, 6.45) is 77.6. The van der Waals surface area contributed by atoms with E-state index in [0.717, 1.165) is 83.5 Å². The van der Waals surface area contributed by atoms with Crippen molar-refractivity contribution in [3.63, 3.8) is 0 Å².